The van der Waals surface area contributed by atoms with Crippen molar-refractivity contribution in [2.45, 2.75) is 11.8 Å². The molecule has 0 aliphatic heterocycles. The van der Waals surface area contributed by atoms with E-state index in [1.54, 1.807) is 17.7 Å². The average Bonchev–Trinajstić information content (AvgIpc) is 2.72. The number of anilines is 1. The molecule has 5 nitrogen and oxygen atoms in total. The van der Waals surface area contributed by atoms with Gasteiger partial charge in [0.05, 0.1) is 17.3 Å². The second-order valence-corrected chi connectivity index (χ2v) is 6.10. The maximum Gasteiger partial charge on any atom is 0.264 e. The Morgan fingerprint density at radius 3 is 2.65 bits per heavy atom. The highest BCUT2D eigenvalue weighted by Crippen LogP contribution is 2.18. The van der Waals surface area contributed by atoms with Crippen molar-refractivity contribution in [3.63, 3.8) is 0 Å². The molecule has 0 saturated heterocycles. The highest BCUT2D eigenvalue weighted by atomic mass is 35.5. The Morgan fingerprint density at radius 1 is 1.40 bits per heavy atom. The molecule has 0 unspecified atom stereocenters. The molecule has 1 heterocycles. The number of halogens is 1. The Balaban J connectivity index is 2.38. The van der Waals surface area contributed by atoms with Gasteiger partial charge in [0.1, 0.15) is 0 Å². The van der Waals surface area contributed by atoms with Crippen LogP contribution < -0.4 is 4.72 Å². The summed E-state index contributed by atoms with van der Waals surface area (Å²) in [5.41, 5.74) is 3.34. The lowest BCUT2D eigenvalue weighted by Crippen LogP contribution is -2.15. The second kappa shape index (κ2) is 5.54. The van der Waals surface area contributed by atoms with Crippen LogP contribution in [0.2, 0.25) is 5.02 Å². The van der Waals surface area contributed by atoms with E-state index in [0.717, 1.165) is 5.69 Å². The van der Waals surface area contributed by atoms with E-state index in [9.17, 15) is 8.42 Å². The predicted octanol–water partition coefficient (Wildman–Crippen LogP) is 2.90. The summed E-state index contributed by atoms with van der Waals surface area (Å²) in [5, 5.41) is 0.468. The van der Waals surface area contributed by atoms with Crippen LogP contribution in [0.25, 0.3) is 6.20 Å². The monoisotopic (exact) mass is 309 g/mol. The van der Waals surface area contributed by atoms with Gasteiger partial charge in [-0.3, -0.25) is 4.57 Å². The number of aryl methyl sites for hydroxylation is 1. The van der Waals surface area contributed by atoms with Gasteiger partial charge in [0.15, 0.2) is 0 Å². The van der Waals surface area contributed by atoms with Gasteiger partial charge in [-0.2, -0.15) is 0 Å². The van der Waals surface area contributed by atoms with Gasteiger partial charge in [0.2, 0.25) is 5.95 Å². The minimum atomic E-state index is -3.72. The van der Waals surface area contributed by atoms with Gasteiger partial charge >= 0.3 is 0 Å². The molecule has 0 spiro atoms. The number of hydrogen-bond acceptors (Lipinski definition) is 3. The topological polar surface area (TPSA) is 64.0 Å². The Labute approximate surface area is 122 Å². The lowest BCUT2D eigenvalue weighted by atomic mass is 10.4. The molecule has 0 bridgehead atoms. The lowest BCUT2D eigenvalue weighted by molar-refractivity contribution is 0.600. The number of sulfonamides is 1. The summed E-state index contributed by atoms with van der Waals surface area (Å²) >= 11 is 5.74. The minimum absolute atomic E-state index is 0.108. The van der Waals surface area contributed by atoms with Crippen molar-refractivity contribution < 1.29 is 8.42 Å². The number of nitrogens with zero attached hydrogens (tertiary/aromatic N) is 2. The normalized spacial score (nSPS) is 10.9. The van der Waals surface area contributed by atoms with Gasteiger partial charge in [-0.25, -0.2) is 18.1 Å². The molecule has 0 saturated carbocycles. The molecule has 0 fully saturated rings. The van der Waals surface area contributed by atoms with Crippen molar-refractivity contribution in [3.8, 4) is 0 Å². The van der Waals surface area contributed by atoms with Crippen LogP contribution in [0.5, 0.6) is 0 Å². The smallest absolute Gasteiger partial charge is 0.264 e. The molecule has 20 heavy (non-hydrogen) atoms. The van der Waals surface area contributed by atoms with Crippen LogP contribution in [-0.4, -0.2) is 18.0 Å². The van der Waals surface area contributed by atoms with E-state index in [0.29, 0.717) is 5.02 Å². The number of nitrogens with one attached hydrogen (secondary N) is 1. The van der Waals surface area contributed by atoms with E-state index < -0.39 is 10.0 Å². The number of rotatable bonds is 4. The predicted molar refractivity (Wildman–Crippen MR) is 79.1 cm³/mol. The first kappa shape index (κ1) is 14.4. The van der Waals surface area contributed by atoms with E-state index in [-0.39, 0.29) is 10.8 Å². The lowest BCUT2D eigenvalue weighted by Gasteiger charge is -2.08. The van der Waals surface area contributed by atoms with Gasteiger partial charge in [0, 0.05) is 10.7 Å². The first-order valence-corrected chi connectivity index (χ1v) is 7.48. The van der Waals surface area contributed by atoms with E-state index in [1.165, 1.54) is 30.5 Å². The Kier molecular flexibility index (Phi) is 3.99. The largest absolute Gasteiger partial charge is 0.282 e. The van der Waals surface area contributed by atoms with Crippen molar-refractivity contribution >= 4 is 33.8 Å². The summed E-state index contributed by atoms with van der Waals surface area (Å²) in [7, 11) is -3.72. The van der Waals surface area contributed by atoms with Crippen LogP contribution in [0.3, 0.4) is 0 Å². The Morgan fingerprint density at radius 2 is 2.05 bits per heavy atom. The molecule has 2 aromatic rings. The number of benzene rings is 1. The molecule has 0 atom stereocenters. The van der Waals surface area contributed by atoms with Crippen LogP contribution >= 0.6 is 11.6 Å². The maximum absolute atomic E-state index is 12.2. The highest BCUT2D eigenvalue weighted by Gasteiger charge is 2.17. The molecule has 104 valence electrons. The van der Waals surface area contributed by atoms with Crippen LogP contribution in [0, 0.1) is 6.92 Å². The molecule has 0 radical (unpaired) electrons. The summed E-state index contributed by atoms with van der Waals surface area (Å²) in [6, 6.07) is 5.87. The zero-order valence-electron chi connectivity index (χ0n) is 10.7. The standard InChI is InChI=1S/C13H12ClN3O2S/c1-3-8-17-10(2)9-15-13(17)16-20(18,19)12-6-4-11(14)5-7-12/h4-9H,1H2,2H3,(H,15,16). The maximum atomic E-state index is 12.2. The van der Waals surface area contributed by atoms with E-state index >= 15 is 0 Å². The third-order valence-electron chi connectivity index (χ3n) is 2.55. The zero-order chi connectivity index (χ0) is 14.8. The van der Waals surface area contributed by atoms with Crippen molar-refractivity contribution in [1.82, 2.24) is 9.55 Å². The molecule has 0 amide bonds. The number of aromatic nitrogens is 2. The first-order chi connectivity index (χ1) is 9.44. The zero-order valence-corrected chi connectivity index (χ0v) is 12.2. The Hall–Kier alpha value is -2.01. The SMILES string of the molecule is C=C=Cn1c(C)cnc1NS(=O)(=O)c1ccc(Cl)cc1. The average molecular weight is 310 g/mol. The quantitative estimate of drug-likeness (QED) is 0.883. The van der Waals surface area contributed by atoms with Crippen molar-refractivity contribution in [2.24, 2.45) is 0 Å². The third-order valence-corrected chi connectivity index (χ3v) is 4.15. The van der Waals surface area contributed by atoms with Crippen molar-refractivity contribution in [2.75, 3.05) is 4.72 Å². The summed E-state index contributed by atoms with van der Waals surface area (Å²) in [6.45, 7) is 5.25. The summed E-state index contributed by atoms with van der Waals surface area (Å²) in [6.07, 6.45) is 3.05. The van der Waals surface area contributed by atoms with Gasteiger partial charge in [-0.15, -0.1) is 5.73 Å². The number of hydrogen-bond donors (Lipinski definition) is 1. The Bertz CT molecular complexity index is 772. The van der Waals surface area contributed by atoms with Gasteiger partial charge < -0.3 is 0 Å². The molecule has 1 aromatic carbocycles. The van der Waals surface area contributed by atoms with Gasteiger partial charge in [-0.05, 0) is 31.2 Å². The van der Waals surface area contributed by atoms with Gasteiger partial charge in [-0.1, -0.05) is 18.2 Å². The summed E-state index contributed by atoms with van der Waals surface area (Å²) in [5.74, 6) is 0.175. The fraction of sp³-hybridized carbons (Fsp3) is 0.0769. The molecule has 0 aliphatic rings. The van der Waals surface area contributed by atoms with Gasteiger partial charge in [0.25, 0.3) is 10.0 Å². The number of imidazole rings is 1. The first-order valence-electron chi connectivity index (χ1n) is 5.62. The fourth-order valence-corrected chi connectivity index (χ4v) is 2.70. The van der Waals surface area contributed by atoms with Crippen LogP contribution in [0.1, 0.15) is 5.69 Å². The molecular formula is C13H12ClN3O2S. The fourth-order valence-electron chi connectivity index (χ4n) is 1.57. The molecule has 0 aliphatic carbocycles. The summed E-state index contributed by atoms with van der Waals surface area (Å²) < 4.78 is 28.4. The van der Waals surface area contributed by atoms with Crippen LogP contribution in [0.4, 0.5) is 5.95 Å². The van der Waals surface area contributed by atoms with E-state index in [4.69, 9.17) is 11.6 Å². The van der Waals surface area contributed by atoms with Crippen molar-refractivity contribution in [3.05, 3.63) is 53.5 Å². The third kappa shape index (κ3) is 2.93. The van der Waals surface area contributed by atoms with Crippen LogP contribution in [-0.2, 0) is 10.0 Å². The van der Waals surface area contributed by atoms with E-state index in [2.05, 4.69) is 22.0 Å². The van der Waals surface area contributed by atoms with Crippen LogP contribution in [0.15, 0.2) is 47.7 Å². The minimum Gasteiger partial charge on any atom is -0.282 e. The molecule has 1 N–H and O–H groups in total. The second-order valence-electron chi connectivity index (χ2n) is 3.99. The molecule has 1 aromatic heterocycles. The van der Waals surface area contributed by atoms with Crippen molar-refractivity contribution in [1.29, 1.82) is 0 Å². The molecule has 2 rings (SSSR count). The van der Waals surface area contributed by atoms with E-state index in [1.807, 2.05) is 0 Å². The highest BCUT2D eigenvalue weighted by molar-refractivity contribution is 7.92. The summed E-state index contributed by atoms with van der Waals surface area (Å²) in [4.78, 5) is 4.12. The molecule has 7 heteroatoms. The molecular weight excluding hydrogens is 298 g/mol.